The van der Waals surface area contributed by atoms with E-state index in [1.54, 1.807) is 22.9 Å². The third kappa shape index (κ3) is 3.09. The number of carbonyl (C=O) groups is 1. The zero-order chi connectivity index (χ0) is 17.9. The van der Waals surface area contributed by atoms with Gasteiger partial charge in [-0.15, -0.1) is 0 Å². The van der Waals surface area contributed by atoms with Crippen molar-refractivity contribution in [1.82, 2.24) is 20.1 Å². The van der Waals surface area contributed by atoms with Gasteiger partial charge in [-0.05, 0) is 30.2 Å². The van der Waals surface area contributed by atoms with E-state index in [0.29, 0.717) is 17.4 Å². The maximum Gasteiger partial charge on any atom is 0.241 e. The molecule has 2 aromatic carbocycles. The molecule has 0 aliphatic heterocycles. The summed E-state index contributed by atoms with van der Waals surface area (Å²) in [7, 11) is 0. The second-order valence-electron chi connectivity index (χ2n) is 6.14. The first kappa shape index (κ1) is 16.1. The summed E-state index contributed by atoms with van der Waals surface area (Å²) in [5.74, 6) is -0.133. The lowest BCUT2D eigenvalue weighted by Crippen LogP contribution is -2.30. The Balaban J connectivity index is 1.42. The third-order valence-corrected chi connectivity index (χ3v) is 4.45. The summed E-state index contributed by atoms with van der Waals surface area (Å²) in [5.41, 5.74) is 2.79. The monoisotopic (exact) mass is 346 g/mol. The zero-order valence-corrected chi connectivity index (χ0v) is 14.1. The molecule has 0 atom stereocenters. The number of para-hydroxylation sites is 2. The molecule has 2 heterocycles. The van der Waals surface area contributed by atoms with Crippen LogP contribution in [-0.2, 0) is 17.8 Å². The minimum atomic E-state index is -0.142. The molecule has 6 heteroatoms. The molecule has 0 aliphatic rings. The Labute approximate surface area is 149 Å². The van der Waals surface area contributed by atoms with E-state index in [4.69, 9.17) is 0 Å². The number of amides is 1. The van der Waals surface area contributed by atoms with Crippen LogP contribution in [0.1, 0.15) is 5.56 Å². The zero-order valence-electron chi connectivity index (χ0n) is 14.1. The number of carbonyl (C=O) groups excluding carboxylic acids is 1. The SMILES string of the molecule is O=C(Cn1ncc(=O)c2ccccc21)NCCc1c[nH]c2ccccc12. The highest BCUT2D eigenvalue weighted by molar-refractivity contribution is 5.83. The van der Waals surface area contributed by atoms with E-state index in [1.165, 1.54) is 17.1 Å². The molecule has 0 aliphatic carbocycles. The molecular formula is C20H18N4O2. The van der Waals surface area contributed by atoms with Gasteiger partial charge >= 0.3 is 0 Å². The van der Waals surface area contributed by atoms with Gasteiger partial charge < -0.3 is 10.3 Å². The number of nitrogens with one attached hydrogen (secondary N) is 2. The molecule has 0 saturated carbocycles. The van der Waals surface area contributed by atoms with Crippen LogP contribution >= 0.6 is 0 Å². The number of rotatable bonds is 5. The van der Waals surface area contributed by atoms with Crippen molar-refractivity contribution in [3.63, 3.8) is 0 Å². The molecule has 0 fully saturated rings. The Hall–Kier alpha value is -3.41. The standard InChI is InChI=1S/C20H18N4O2/c25-19-12-23-24(18-8-4-2-6-16(18)19)13-20(26)21-10-9-14-11-22-17-7-3-1-5-15(14)17/h1-8,11-12,22H,9-10,13H2,(H,21,26). The number of nitrogens with zero attached hydrogens (tertiary/aromatic N) is 2. The van der Waals surface area contributed by atoms with Crippen molar-refractivity contribution in [2.75, 3.05) is 6.54 Å². The Bertz CT molecular complexity index is 1140. The van der Waals surface area contributed by atoms with Crippen molar-refractivity contribution >= 4 is 27.7 Å². The minimum Gasteiger partial charge on any atom is -0.361 e. The van der Waals surface area contributed by atoms with Gasteiger partial charge in [-0.25, -0.2) is 0 Å². The van der Waals surface area contributed by atoms with E-state index in [0.717, 1.165) is 11.9 Å². The summed E-state index contributed by atoms with van der Waals surface area (Å²) < 4.78 is 1.55. The van der Waals surface area contributed by atoms with E-state index in [9.17, 15) is 9.59 Å². The van der Waals surface area contributed by atoms with Crippen LogP contribution < -0.4 is 10.7 Å². The van der Waals surface area contributed by atoms with Crippen LogP contribution in [0.2, 0.25) is 0 Å². The first-order valence-corrected chi connectivity index (χ1v) is 8.49. The molecule has 4 rings (SSSR count). The lowest BCUT2D eigenvalue weighted by molar-refractivity contribution is -0.121. The Morgan fingerprint density at radius 3 is 2.73 bits per heavy atom. The topological polar surface area (TPSA) is 79.8 Å². The molecule has 6 nitrogen and oxygen atoms in total. The van der Waals surface area contributed by atoms with E-state index < -0.39 is 0 Å². The summed E-state index contributed by atoms with van der Waals surface area (Å²) >= 11 is 0. The smallest absolute Gasteiger partial charge is 0.241 e. The Morgan fingerprint density at radius 1 is 1.08 bits per heavy atom. The fourth-order valence-corrected chi connectivity index (χ4v) is 3.15. The predicted octanol–water partition coefficient (Wildman–Crippen LogP) is 2.24. The van der Waals surface area contributed by atoms with Crippen LogP contribution in [0.4, 0.5) is 0 Å². The largest absolute Gasteiger partial charge is 0.361 e. The van der Waals surface area contributed by atoms with Gasteiger partial charge in [0.2, 0.25) is 11.3 Å². The predicted molar refractivity (Wildman–Crippen MR) is 101 cm³/mol. The molecule has 2 N–H and O–H groups in total. The number of hydrogen-bond donors (Lipinski definition) is 2. The number of fused-ring (bicyclic) bond motifs is 2. The Morgan fingerprint density at radius 2 is 1.85 bits per heavy atom. The summed E-state index contributed by atoms with van der Waals surface area (Å²) in [6.07, 6.45) is 3.98. The first-order chi connectivity index (χ1) is 12.7. The van der Waals surface area contributed by atoms with Crippen LogP contribution in [0, 0.1) is 0 Å². The molecular weight excluding hydrogens is 328 g/mol. The van der Waals surface area contributed by atoms with Gasteiger partial charge in [0, 0.05) is 29.0 Å². The molecule has 0 unspecified atom stereocenters. The molecule has 0 saturated heterocycles. The molecule has 2 aromatic heterocycles. The molecule has 0 radical (unpaired) electrons. The normalized spacial score (nSPS) is 11.1. The van der Waals surface area contributed by atoms with Gasteiger partial charge in [-0.3, -0.25) is 14.3 Å². The van der Waals surface area contributed by atoms with Gasteiger partial charge in [0.15, 0.2) is 0 Å². The molecule has 1 amide bonds. The van der Waals surface area contributed by atoms with Crippen molar-refractivity contribution in [3.05, 3.63) is 76.7 Å². The van der Waals surface area contributed by atoms with Crippen LogP contribution in [0.5, 0.6) is 0 Å². The van der Waals surface area contributed by atoms with E-state index in [-0.39, 0.29) is 17.9 Å². The van der Waals surface area contributed by atoms with Gasteiger partial charge in [-0.2, -0.15) is 5.10 Å². The number of hydrogen-bond acceptors (Lipinski definition) is 3. The summed E-state index contributed by atoms with van der Waals surface area (Å²) in [6, 6.07) is 15.3. The molecule has 0 spiro atoms. The highest BCUT2D eigenvalue weighted by atomic mass is 16.2. The summed E-state index contributed by atoms with van der Waals surface area (Å²) in [4.78, 5) is 27.4. The van der Waals surface area contributed by atoms with Crippen molar-refractivity contribution in [2.45, 2.75) is 13.0 Å². The number of aromatic amines is 1. The van der Waals surface area contributed by atoms with Crippen molar-refractivity contribution in [1.29, 1.82) is 0 Å². The van der Waals surface area contributed by atoms with Crippen molar-refractivity contribution in [3.8, 4) is 0 Å². The van der Waals surface area contributed by atoms with Crippen molar-refractivity contribution in [2.24, 2.45) is 0 Å². The lowest BCUT2D eigenvalue weighted by Gasteiger charge is -2.09. The fraction of sp³-hybridized carbons (Fsp3) is 0.150. The van der Waals surface area contributed by atoms with Crippen molar-refractivity contribution < 1.29 is 4.79 Å². The lowest BCUT2D eigenvalue weighted by atomic mass is 10.1. The highest BCUT2D eigenvalue weighted by Gasteiger charge is 2.08. The molecule has 0 bridgehead atoms. The quantitative estimate of drug-likeness (QED) is 0.582. The van der Waals surface area contributed by atoms with Crippen LogP contribution in [-0.4, -0.2) is 27.2 Å². The average Bonchev–Trinajstić information content (AvgIpc) is 3.08. The fourth-order valence-electron chi connectivity index (χ4n) is 3.15. The second kappa shape index (κ2) is 6.84. The minimum absolute atomic E-state index is 0.0781. The van der Waals surface area contributed by atoms with Crippen LogP contribution in [0.3, 0.4) is 0 Å². The number of H-pyrrole nitrogens is 1. The average molecular weight is 346 g/mol. The number of aromatic nitrogens is 3. The highest BCUT2D eigenvalue weighted by Crippen LogP contribution is 2.17. The van der Waals surface area contributed by atoms with Crippen LogP contribution in [0.25, 0.3) is 21.8 Å². The van der Waals surface area contributed by atoms with Crippen LogP contribution in [0.15, 0.2) is 65.7 Å². The van der Waals surface area contributed by atoms with E-state index in [2.05, 4.69) is 21.5 Å². The van der Waals surface area contributed by atoms with E-state index in [1.807, 2.05) is 30.5 Å². The first-order valence-electron chi connectivity index (χ1n) is 8.49. The van der Waals surface area contributed by atoms with Gasteiger partial charge in [-0.1, -0.05) is 30.3 Å². The molecule has 4 aromatic rings. The third-order valence-electron chi connectivity index (χ3n) is 4.45. The maximum atomic E-state index is 12.3. The Kier molecular flexibility index (Phi) is 4.23. The summed E-state index contributed by atoms with van der Waals surface area (Å²) in [5, 5.41) is 8.75. The van der Waals surface area contributed by atoms with E-state index >= 15 is 0 Å². The molecule has 130 valence electrons. The second-order valence-corrected chi connectivity index (χ2v) is 6.14. The van der Waals surface area contributed by atoms with Gasteiger partial charge in [0.25, 0.3) is 0 Å². The summed E-state index contributed by atoms with van der Waals surface area (Å²) in [6.45, 7) is 0.619. The number of benzene rings is 2. The molecule has 26 heavy (non-hydrogen) atoms. The van der Waals surface area contributed by atoms with Gasteiger partial charge in [0.1, 0.15) is 6.54 Å². The maximum absolute atomic E-state index is 12.3. The van der Waals surface area contributed by atoms with Gasteiger partial charge in [0.05, 0.1) is 11.7 Å².